The van der Waals surface area contributed by atoms with Gasteiger partial charge in [0.2, 0.25) is 10.0 Å². The summed E-state index contributed by atoms with van der Waals surface area (Å²) < 4.78 is 24.4. The molecule has 1 aliphatic carbocycles. The number of sulfonamides is 1. The van der Waals surface area contributed by atoms with Gasteiger partial charge in [0, 0.05) is 24.0 Å². The summed E-state index contributed by atoms with van der Waals surface area (Å²) in [5.41, 5.74) is 5.94. The van der Waals surface area contributed by atoms with E-state index in [0.29, 0.717) is 30.3 Å². The maximum absolute atomic E-state index is 12.0. The lowest BCUT2D eigenvalue weighted by molar-refractivity contribution is 0.0954. The van der Waals surface area contributed by atoms with E-state index < -0.39 is 10.0 Å². The van der Waals surface area contributed by atoms with Crippen LogP contribution in [0.1, 0.15) is 27.4 Å². The summed E-state index contributed by atoms with van der Waals surface area (Å²) in [5.74, 6) is 0.449. The molecule has 1 fully saturated rings. The lowest BCUT2D eigenvalue weighted by Crippen LogP contribution is -2.38. The standard InChI is InChI=1S/C13H21N3O3S2/c1-21(18,19)16-7-6-10-4-5-12(20-10)13(17)15-8-11(14)9-2-3-9/h4-5,9,11,16H,2-3,6-8,14H2,1H3,(H,15,17). The summed E-state index contributed by atoms with van der Waals surface area (Å²) in [4.78, 5) is 13.6. The molecule has 8 heteroatoms. The Bertz CT molecular complexity index is 594. The van der Waals surface area contributed by atoms with E-state index in [1.807, 2.05) is 6.07 Å². The fourth-order valence-electron chi connectivity index (χ4n) is 1.98. The first-order valence-electron chi connectivity index (χ1n) is 6.92. The smallest absolute Gasteiger partial charge is 0.261 e. The molecule has 0 aromatic carbocycles. The van der Waals surface area contributed by atoms with Crippen molar-refractivity contribution in [3.8, 4) is 0 Å². The molecule has 118 valence electrons. The molecule has 21 heavy (non-hydrogen) atoms. The molecule has 0 aliphatic heterocycles. The van der Waals surface area contributed by atoms with Crippen LogP contribution < -0.4 is 15.8 Å². The Kier molecular flexibility index (Phi) is 5.37. The van der Waals surface area contributed by atoms with Crippen molar-refractivity contribution in [2.75, 3.05) is 19.3 Å². The summed E-state index contributed by atoms with van der Waals surface area (Å²) in [6.45, 7) is 0.847. The van der Waals surface area contributed by atoms with Gasteiger partial charge in [-0.15, -0.1) is 11.3 Å². The number of amides is 1. The molecule has 1 heterocycles. The molecule has 6 nitrogen and oxygen atoms in total. The molecule has 1 amide bonds. The second-order valence-electron chi connectivity index (χ2n) is 5.39. The number of carbonyl (C=O) groups excluding carboxylic acids is 1. The fourth-order valence-corrected chi connectivity index (χ4v) is 3.38. The molecular weight excluding hydrogens is 310 g/mol. The summed E-state index contributed by atoms with van der Waals surface area (Å²) in [5, 5.41) is 2.85. The first-order valence-corrected chi connectivity index (χ1v) is 9.63. The number of nitrogens with two attached hydrogens (primary N) is 1. The number of hydrogen-bond acceptors (Lipinski definition) is 5. The molecule has 1 aliphatic rings. The Balaban J connectivity index is 1.77. The highest BCUT2D eigenvalue weighted by Crippen LogP contribution is 2.31. The van der Waals surface area contributed by atoms with Gasteiger partial charge in [0.05, 0.1) is 11.1 Å². The third-order valence-electron chi connectivity index (χ3n) is 3.35. The van der Waals surface area contributed by atoms with Crippen molar-refractivity contribution < 1.29 is 13.2 Å². The van der Waals surface area contributed by atoms with Crippen LogP contribution in [0.15, 0.2) is 12.1 Å². The van der Waals surface area contributed by atoms with Crippen LogP contribution in [0.5, 0.6) is 0 Å². The molecule has 0 spiro atoms. The van der Waals surface area contributed by atoms with Crippen molar-refractivity contribution in [1.82, 2.24) is 10.0 Å². The van der Waals surface area contributed by atoms with Gasteiger partial charge in [-0.1, -0.05) is 0 Å². The number of thiophene rings is 1. The summed E-state index contributed by atoms with van der Waals surface area (Å²) in [7, 11) is -3.16. The minimum atomic E-state index is -3.16. The Morgan fingerprint density at radius 2 is 2.19 bits per heavy atom. The van der Waals surface area contributed by atoms with Gasteiger partial charge < -0.3 is 11.1 Å². The Morgan fingerprint density at radius 3 is 2.81 bits per heavy atom. The van der Waals surface area contributed by atoms with Crippen LogP contribution in [0, 0.1) is 5.92 Å². The van der Waals surface area contributed by atoms with Crippen LogP contribution in [0.2, 0.25) is 0 Å². The predicted octanol–water partition coefficient (Wildman–Crippen LogP) is 0.307. The lowest BCUT2D eigenvalue weighted by Gasteiger charge is -2.10. The quantitative estimate of drug-likeness (QED) is 0.638. The molecule has 1 atom stereocenters. The van der Waals surface area contributed by atoms with Gasteiger partial charge in [-0.2, -0.15) is 0 Å². The maximum atomic E-state index is 12.0. The van der Waals surface area contributed by atoms with E-state index in [0.717, 1.165) is 24.0 Å². The number of hydrogen-bond donors (Lipinski definition) is 3. The van der Waals surface area contributed by atoms with Gasteiger partial charge in [0.1, 0.15) is 0 Å². The molecule has 1 saturated carbocycles. The van der Waals surface area contributed by atoms with Crippen molar-refractivity contribution in [1.29, 1.82) is 0 Å². The van der Waals surface area contributed by atoms with Crippen LogP contribution in [0.4, 0.5) is 0 Å². The summed E-state index contributed by atoms with van der Waals surface area (Å²) in [6, 6.07) is 3.66. The van der Waals surface area contributed by atoms with Crippen molar-refractivity contribution in [2.24, 2.45) is 11.7 Å². The van der Waals surface area contributed by atoms with Crippen molar-refractivity contribution in [3.63, 3.8) is 0 Å². The molecule has 1 unspecified atom stereocenters. The van der Waals surface area contributed by atoms with Gasteiger partial charge in [-0.3, -0.25) is 4.79 Å². The molecule has 0 saturated heterocycles. The number of carbonyl (C=O) groups is 1. The van der Waals surface area contributed by atoms with Crippen molar-refractivity contribution >= 4 is 27.3 Å². The maximum Gasteiger partial charge on any atom is 0.261 e. The Morgan fingerprint density at radius 1 is 1.48 bits per heavy atom. The van der Waals surface area contributed by atoms with E-state index in [1.54, 1.807) is 6.07 Å². The van der Waals surface area contributed by atoms with Gasteiger partial charge in [0.25, 0.3) is 5.91 Å². The molecular formula is C13H21N3O3S2. The third kappa shape index (κ3) is 5.74. The van der Waals surface area contributed by atoms with E-state index in [2.05, 4.69) is 10.0 Å². The highest BCUT2D eigenvalue weighted by Gasteiger charge is 2.28. The van der Waals surface area contributed by atoms with Crippen LogP contribution in [0.25, 0.3) is 0 Å². The first kappa shape index (κ1) is 16.4. The van der Waals surface area contributed by atoms with Crippen LogP contribution >= 0.6 is 11.3 Å². The zero-order valence-electron chi connectivity index (χ0n) is 12.0. The summed E-state index contributed by atoms with van der Waals surface area (Å²) >= 11 is 1.38. The topological polar surface area (TPSA) is 101 Å². The average molecular weight is 331 g/mol. The average Bonchev–Trinajstić information content (AvgIpc) is 3.14. The van der Waals surface area contributed by atoms with E-state index in [1.165, 1.54) is 11.3 Å². The molecule has 2 rings (SSSR count). The predicted molar refractivity (Wildman–Crippen MR) is 83.9 cm³/mol. The van der Waals surface area contributed by atoms with E-state index in [9.17, 15) is 13.2 Å². The normalized spacial score (nSPS) is 16.7. The monoisotopic (exact) mass is 331 g/mol. The lowest BCUT2D eigenvalue weighted by atomic mass is 10.2. The number of rotatable bonds is 8. The van der Waals surface area contributed by atoms with Gasteiger partial charge in [-0.25, -0.2) is 13.1 Å². The second kappa shape index (κ2) is 6.87. The van der Waals surface area contributed by atoms with Gasteiger partial charge >= 0.3 is 0 Å². The Hall–Kier alpha value is -0.960. The van der Waals surface area contributed by atoms with E-state index >= 15 is 0 Å². The minimum Gasteiger partial charge on any atom is -0.350 e. The molecule has 0 radical (unpaired) electrons. The third-order valence-corrected chi connectivity index (χ3v) is 5.22. The zero-order valence-corrected chi connectivity index (χ0v) is 13.6. The molecule has 0 bridgehead atoms. The van der Waals surface area contributed by atoms with Crippen molar-refractivity contribution in [3.05, 3.63) is 21.9 Å². The molecule has 1 aromatic heterocycles. The second-order valence-corrected chi connectivity index (χ2v) is 8.40. The summed E-state index contributed by atoms with van der Waals surface area (Å²) in [6.07, 6.45) is 4.02. The number of nitrogens with one attached hydrogen (secondary N) is 2. The van der Waals surface area contributed by atoms with Crippen LogP contribution in [-0.4, -0.2) is 39.7 Å². The van der Waals surface area contributed by atoms with E-state index in [-0.39, 0.29) is 11.9 Å². The molecule has 4 N–H and O–H groups in total. The van der Waals surface area contributed by atoms with Gasteiger partial charge in [0.15, 0.2) is 0 Å². The highest BCUT2D eigenvalue weighted by atomic mass is 32.2. The molecule has 1 aromatic rings. The van der Waals surface area contributed by atoms with Gasteiger partial charge in [-0.05, 0) is 37.3 Å². The first-order chi connectivity index (χ1) is 9.85. The van der Waals surface area contributed by atoms with Crippen LogP contribution in [0.3, 0.4) is 0 Å². The largest absolute Gasteiger partial charge is 0.350 e. The zero-order chi connectivity index (χ0) is 15.5. The van der Waals surface area contributed by atoms with Crippen molar-refractivity contribution in [2.45, 2.75) is 25.3 Å². The van der Waals surface area contributed by atoms with Crippen LogP contribution in [-0.2, 0) is 16.4 Å². The Labute approximate surface area is 129 Å². The SMILES string of the molecule is CS(=O)(=O)NCCc1ccc(C(=O)NCC(N)C2CC2)s1. The fraction of sp³-hybridized carbons (Fsp3) is 0.615. The minimum absolute atomic E-state index is 0.0485. The highest BCUT2D eigenvalue weighted by molar-refractivity contribution is 7.88. The van der Waals surface area contributed by atoms with E-state index in [4.69, 9.17) is 5.73 Å².